The van der Waals surface area contributed by atoms with E-state index in [-0.39, 0.29) is 11.5 Å². The zero-order valence-electron chi connectivity index (χ0n) is 11.8. The number of nitrogens with one attached hydrogen (secondary N) is 1. The molecule has 0 aromatic carbocycles. The smallest absolute Gasteiger partial charge is 0.255 e. The van der Waals surface area contributed by atoms with Gasteiger partial charge in [0.2, 0.25) is 0 Å². The first-order valence-corrected chi connectivity index (χ1v) is 6.47. The Kier molecular flexibility index (Phi) is 4.18. The highest BCUT2D eigenvalue weighted by Gasteiger charge is 2.13. The zero-order valence-corrected chi connectivity index (χ0v) is 11.8. The Hall–Kier alpha value is -2.88. The van der Waals surface area contributed by atoms with E-state index in [0.717, 1.165) is 0 Å². The number of carbonyl (C=O) groups excluding carboxylic acids is 1. The number of amides is 1. The molecule has 1 unspecified atom stereocenters. The molecule has 0 saturated carbocycles. The summed E-state index contributed by atoms with van der Waals surface area (Å²) in [5.41, 5.74) is 0.628. The van der Waals surface area contributed by atoms with Crippen LogP contribution >= 0.6 is 0 Å². The van der Waals surface area contributed by atoms with Crippen molar-refractivity contribution in [3.05, 3.63) is 46.6 Å². The molecule has 2 aromatic rings. The largest absolute Gasteiger partial charge is 0.336 e. The van der Waals surface area contributed by atoms with E-state index >= 15 is 0 Å². The molecule has 0 radical (unpaired) electrons. The van der Waals surface area contributed by atoms with Gasteiger partial charge in [0.1, 0.15) is 6.04 Å². The molecule has 7 heteroatoms. The maximum atomic E-state index is 12.1. The second-order valence-corrected chi connectivity index (χ2v) is 4.56. The van der Waals surface area contributed by atoms with Crippen LogP contribution in [0, 0.1) is 11.3 Å². The summed E-state index contributed by atoms with van der Waals surface area (Å²) >= 11 is 0. The summed E-state index contributed by atoms with van der Waals surface area (Å²) in [6.45, 7) is 1.81. The Morgan fingerprint density at radius 1 is 1.48 bits per heavy atom. The Morgan fingerprint density at radius 2 is 2.24 bits per heavy atom. The summed E-state index contributed by atoms with van der Waals surface area (Å²) in [6, 6.07) is 4.21. The molecule has 2 heterocycles. The van der Waals surface area contributed by atoms with Crippen molar-refractivity contribution in [3.63, 3.8) is 0 Å². The molecule has 0 aliphatic carbocycles. The average Bonchev–Trinajstić information content (AvgIpc) is 2.91. The normalized spacial score (nSPS) is 11.7. The molecular formula is C14H15N5O2. The van der Waals surface area contributed by atoms with E-state index < -0.39 is 6.04 Å². The molecule has 21 heavy (non-hydrogen) atoms. The lowest BCUT2D eigenvalue weighted by molar-refractivity contribution is 0.0944. The first-order valence-electron chi connectivity index (χ1n) is 6.47. The van der Waals surface area contributed by atoms with Crippen molar-refractivity contribution >= 4 is 5.91 Å². The lowest BCUT2D eigenvalue weighted by Crippen LogP contribution is -2.34. The van der Waals surface area contributed by atoms with Crippen molar-refractivity contribution in [2.45, 2.75) is 19.4 Å². The van der Waals surface area contributed by atoms with Crippen molar-refractivity contribution in [3.8, 4) is 11.8 Å². The van der Waals surface area contributed by atoms with E-state index in [4.69, 9.17) is 5.26 Å². The number of hydrogen-bond donors (Lipinski definition) is 1. The number of pyridine rings is 1. The molecule has 0 aliphatic heterocycles. The third-order valence-electron chi connectivity index (χ3n) is 3.01. The van der Waals surface area contributed by atoms with E-state index in [2.05, 4.69) is 10.4 Å². The lowest BCUT2D eigenvalue weighted by atomic mass is 10.2. The number of nitriles is 1. The zero-order chi connectivity index (χ0) is 15.4. The van der Waals surface area contributed by atoms with Gasteiger partial charge < -0.3 is 5.32 Å². The quantitative estimate of drug-likeness (QED) is 0.890. The Bertz CT molecular complexity index is 753. The Balaban J connectivity index is 2.33. The van der Waals surface area contributed by atoms with Crippen LogP contribution in [0.3, 0.4) is 0 Å². The molecule has 1 atom stereocenters. The van der Waals surface area contributed by atoms with Crippen LogP contribution in [0.1, 0.15) is 23.7 Å². The number of rotatable bonds is 4. The molecule has 1 amide bonds. The van der Waals surface area contributed by atoms with Crippen LogP contribution in [0.5, 0.6) is 0 Å². The van der Waals surface area contributed by atoms with Gasteiger partial charge in [-0.3, -0.25) is 18.8 Å². The summed E-state index contributed by atoms with van der Waals surface area (Å²) in [5, 5.41) is 15.5. The summed E-state index contributed by atoms with van der Waals surface area (Å²) in [5.74, 6) is -0.388. The summed E-state index contributed by atoms with van der Waals surface area (Å²) < 4.78 is 2.91. The number of aromatic nitrogens is 3. The fraction of sp³-hybridized carbons (Fsp3) is 0.286. The molecular weight excluding hydrogens is 270 g/mol. The van der Waals surface area contributed by atoms with Crippen LogP contribution < -0.4 is 10.9 Å². The van der Waals surface area contributed by atoms with Crippen molar-refractivity contribution in [1.29, 1.82) is 5.26 Å². The van der Waals surface area contributed by atoms with Crippen molar-refractivity contribution in [1.82, 2.24) is 19.7 Å². The second kappa shape index (κ2) is 6.05. The van der Waals surface area contributed by atoms with E-state index in [0.29, 0.717) is 17.7 Å². The Morgan fingerprint density at radius 3 is 2.81 bits per heavy atom. The summed E-state index contributed by atoms with van der Waals surface area (Å²) in [4.78, 5) is 24.0. The van der Waals surface area contributed by atoms with Crippen LogP contribution in [0.2, 0.25) is 0 Å². The van der Waals surface area contributed by atoms with Crippen LogP contribution in [0.25, 0.3) is 5.69 Å². The van der Waals surface area contributed by atoms with Gasteiger partial charge in [0.25, 0.3) is 11.5 Å². The topological polar surface area (TPSA) is 92.7 Å². The number of carbonyl (C=O) groups is 1. The van der Waals surface area contributed by atoms with Crippen molar-refractivity contribution in [2.75, 3.05) is 0 Å². The lowest BCUT2D eigenvalue weighted by Gasteiger charge is -2.10. The van der Waals surface area contributed by atoms with Gasteiger partial charge in [-0.2, -0.15) is 10.4 Å². The van der Waals surface area contributed by atoms with Crippen LogP contribution in [0.15, 0.2) is 35.5 Å². The molecule has 7 nitrogen and oxygen atoms in total. The standard InChI is InChI=1S/C14H15N5O2/c1-3-11(6-15)17-14(21)10-4-5-13(20)19(8-10)12-7-16-18(2)9-12/h4-5,7-9,11H,3H2,1-2H3,(H,17,21). The molecule has 0 saturated heterocycles. The number of aryl methyl sites for hydroxylation is 1. The average molecular weight is 285 g/mol. The fourth-order valence-corrected chi connectivity index (χ4v) is 1.82. The maximum Gasteiger partial charge on any atom is 0.255 e. The first-order chi connectivity index (χ1) is 10.0. The number of nitrogens with zero attached hydrogens (tertiary/aromatic N) is 4. The van der Waals surface area contributed by atoms with E-state index in [1.54, 1.807) is 17.9 Å². The minimum absolute atomic E-state index is 0.258. The number of hydrogen-bond acceptors (Lipinski definition) is 4. The van der Waals surface area contributed by atoms with Crippen LogP contribution in [-0.4, -0.2) is 26.3 Å². The fourth-order valence-electron chi connectivity index (χ4n) is 1.82. The van der Waals surface area contributed by atoms with Gasteiger partial charge in [-0.15, -0.1) is 0 Å². The third-order valence-corrected chi connectivity index (χ3v) is 3.01. The van der Waals surface area contributed by atoms with E-state index in [9.17, 15) is 9.59 Å². The predicted octanol–water partition coefficient (Wildman–Crippen LogP) is 0.603. The SMILES string of the molecule is CCC(C#N)NC(=O)c1ccc(=O)n(-c2cnn(C)c2)c1. The summed E-state index contributed by atoms with van der Waals surface area (Å²) in [7, 11) is 1.74. The van der Waals surface area contributed by atoms with Crippen LogP contribution in [-0.2, 0) is 7.05 Å². The van der Waals surface area contributed by atoms with Gasteiger partial charge in [-0.1, -0.05) is 6.92 Å². The van der Waals surface area contributed by atoms with Crippen molar-refractivity contribution in [2.24, 2.45) is 7.05 Å². The van der Waals surface area contributed by atoms with Gasteiger partial charge in [0, 0.05) is 25.5 Å². The highest BCUT2D eigenvalue weighted by atomic mass is 16.2. The van der Waals surface area contributed by atoms with Gasteiger partial charge in [-0.05, 0) is 12.5 Å². The van der Waals surface area contributed by atoms with E-state index in [1.165, 1.54) is 29.1 Å². The molecule has 1 N–H and O–H groups in total. The van der Waals surface area contributed by atoms with Gasteiger partial charge in [-0.25, -0.2) is 0 Å². The minimum atomic E-state index is -0.545. The van der Waals surface area contributed by atoms with Crippen molar-refractivity contribution < 1.29 is 4.79 Å². The van der Waals surface area contributed by atoms with Crippen LogP contribution in [0.4, 0.5) is 0 Å². The molecule has 2 rings (SSSR count). The molecule has 0 spiro atoms. The molecule has 0 fully saturated rings. The van der Waals surface area contributed by atoms with Gasteiger partial charge >= 0.3 is 0 Å². The highest BCUT2D eigenvalue weighted by molar-refractivity contribution is 5.94. The second-order valence-electron chi connectivity index (χ2n) is 4.56. The molecule has 2 aromatic heterocycles. The van der Waals surface area contributed by atoms with Gasteiger partial charge in [0.15, 0.2) is 0 Å². The Labute approximate surface area is 121 Å². The predicted molar refractivity (Wildman–Crippen MR) is 76.0 cm³/mol. The van der Waals surface area contributed by atoms with Gasteiger partial charge in [0.05, 0.1) is 23.5 Å². The highest BCUT2D eigenvalue weighted by Crippen LogP contribution is 2.05. The first kappa shape index (κ1) is 14.5. The monoisotopic (exact) mass is 285 g/mol. The molecule has 0 bridgehead atoms. The molecule has 0 aliphatic rings. The molecule has 108 valence electrons. The minimum Gasteiger partial charge on any atom is -0.336 e. The third kappa shape index (κ3) is 3.17. The maximum absolute atomic E-state index is 12.1. The summed E-state index contributed by atoms with van der Waals surface area (Å²) in [6.07, 6.45) is 5.17. The van der Waals surface area contributed by atoms with E-state index in [1.807, 2.05) is 13.0 Å².